The number of rotatable bonds is 8. The molecule has 0 radical (unpaired) electrons. The molecule has 0 atom stereocenters. The molecule has 0 unspecified atom stereocenters. The van der Waals surface area contributed by atoms with Crippen molar-refractivity contribution >= 4 is 35.1 Å². The fourth-order valence-electron chi connectivity index (χ4n) is 3.82. The molecule has 0 bridgehead atoms. The molecule has 0 saturated carbocycles. The molecule has 1 aliphatic heterocycles. The Balaban J connectivity index is 2.09. The van der Waals surface area contributed by atoms with E-state index in [4.69, 9.17) is 5.73 Å². The number of urea groups is 1. The number of phenolic OH excluding ortho intramolecular Hbond substituents is 1. The van der Waals surface area contributed by atoms with Crippen molar-refractivity contribution in [1.29, 1.82) is 0 Å². The Hall–Kier alpha value is -3.88. The first-order valence-corrected chi connectivity index (χ1v) is 11.7. The van der Waals surface area contributed by atoms with Crippen LogP contribution in [-0.4, -0.2) is 51.0 Å². The molecule has 0 spiro atoms. The molecule has 2 aromatic rings. The molecule has 0 aliphatic carbocycles. The predicted octanol–water partition coefficient (Wildman–Crippen LogP) is 4.09. The molecule has 4 amide bonds. The van der Waals surface area contributed by atoms with E-state index >= 15 is 0 Å². The molecule has 3 N–H and O–H groups in total. The van der Waals surface area contributed by atoms with E-state index in [0.717, 1.165) is 47.3 Å². The molecule has 1 heterocycles. The van der Waals surface area contributed by atoms with Gasteiger partial charge in [-0.05, 0) is 73.2 Å². The summed E-state index contributed by atoms with van der Waals surface area (Å²) >= 11 is 0. The van der Waals surface area contributed by atoms with E-state index in [0.29, 0.717) is 24.0 Å². The number of amides is 4. The lowest BCUT2D eigenvalue weighted by Crippen LogP contribution is -2.55. The number of amidine groups is 1. The van der Waals surface area contributed by atoms with Crippen LogP contribution in [0.5, 0.6) is 5.75 Å². The number of imide groups is 1. The van der Waals surface area contributed by atoms with E-state index in [2.05, 4.69) is 4.99 Å². The molecule has 184 valence electrons. The quantitative estimate of drug-likeness (QED) is 0.551. The first-order valence-electron chi connectivity index (χ1n) is 11.7. The van der Waals surface area contributed by atoms with Crippen LogP contribution in [0.4, 0.5) is 14.9 Å². The summed E-state index contributed by atoms with van der Waals surface area (Å²) in [6, 6.07) is 7.40. The van der Waals surface area contributed by atoms with Crippen molar-refractivity contribution in [2.75, 3.05) is 7.05 Å². The second kappa shape index (κ2) is 11.0. The maximum absolute atomic E-state index is 13.4. The van der Waals surface area contributed by atoms with Gasteiger partial charge in [-0.2, -0.15) is 14.5 Å². The van der Waals surface area contributed by atoms with Crippen LogP contribution in [0.1, 0.15) is 61.0 Å². The summed E-state index contributed by atoms with van der Waals surface area (Å²) in [5.74, 6) is -2.18. The van der Waals surface area contributed by atoms with Crippen LogP contribution in [0.15, 0.2) is 41.4 Å². The number of halogens is 1. The molecule has 3 rings (SSSR count). The number of carbonyl (C=O) groups is 3. The van der Waals surface area contributed by atoms with Gasteiger partial charge in [0.2, 0.25) is 5.71 Å². The number of aromatic hydroxyl groups is 1. The van der Waals surface area contributed by atoms with E-state index < -0.39 is 23.7 Å². The smallest absolute Gasteiger partial charge is 0.451 e. The van der Waals surface area contributed by atoms with E-state index in [9.17, 15) is 23.9 Å². The molecule has 0 fully saturated rings. The summed E-state index contributed by atoms with van der Waals surface area (Å²) < 4.78 is 14.4. The number of nitrogens with zero attached hydrogens (tertiary/aromatic N) is 3. The highest BCUT2D eigenvalue weighted by Crippen LogP contribution is 2.28. The van der Waals surface area contributed by atoms with Crippen LogP contribution in [0.25, 0.3) is 0 Å². The van der Waals surface area contributed by atoms with Gasteiger partial charge in [0.25, 0.3) is 11.7 Å². The summed E-state index contributed by atoms with van der Waals surface area (Å²) in [4.78, 5) is 43.5. The topological polar surface area (TPSA) is 116 Å². The molecule has 8 nitrogen and oxygen atoms in total. The van der Waals surface area contributed by atoms with Crippen molar-refractivity contribution in [3.8, 4) is 5.75 Å². The highest BCUT2D eigenvalue weighted by Gasteiger charge is 2.42. The number of hydrogen-bond acceptors (Lipinski definition) is 5. The van der Waals surface area contributed by atoms with Crippen molar-refractivity contribution < 1.29 is 28.5 Å². The van der Waals surface area contributed by atoms with Crippen LogP contribution >= 0.6 is 0 Å². The Morgan fingerprint density at radius 3 is 2.11 bits per heavy atom. The van der Waals surface area contributed by atoms with E-state index in [1.807, 2.05) is 13.8 Å². The van der Waals surface area contributed by atoms with Crippen LogP contribution < -0.4 is 5.73 Å². The SMILES string of the molecule is CCCCc1cc(C(=O)N=C2C(=O)N(C)C(=O)[N+](c3ccc(F)cc3)=C2N)cc(CCCC)c1O. The Kier molecular flexibility index (Phi) is 8.11. The summed E-state index contributed by atoms with van der Waals surface area (Å²) in [5, 5.41) is 10.7. The third-order valence-corrected chi connectivity index (χ3v) is 5.88. The molecule has 2 aromatic carbocycles. The summed E-state index contributed by atoms with van der Waals surface area (Å²) in [7, 11) is 1.25. The van der Waals surface area contributed by atoms with E-state index in [1.54, 1.807) is 12.1 Å². The van der Waals surface area contributed by atoms with Crippen molar-refractivity contribution in [3.05, 3.63) is 58.9 Å². The number of aliphatic imine (C=N–C) groups is 1. The minimum Gasteiger partial charge on any atom is -0.507 e. The Morgan fingerprint density at radius 2 is 1.60 bits per heavy atom. The van der Waals surface area contributed by atoms with Gasteiger partial charge in [-0.25, -0.2) is 14.0 Å². The lowest BCUT2D eigenvalue weighted by molar-refractivity contribution is -0.342. The second-order valence-electron chi connectivity index (χ2n) is 8.46. The highest BCUT2D eigenvalue weighted by molar-refractivity contribution is 6.68. The standard InChI is InChI=1S/C26H29FN4O4/c1-4-6-8-16-14-18(15-17(22(16)32)9-7-5-2)24(33)29-21-23(28)31(26(35)30(3)25(21)34)20-12-10-19(27)11-13-20/h10-15,28H,4-9H2,1-3H3,(H,32,33)/p+1. The first kappa shape index (κ1) is 25.7. The van der Waals surface area contributed by atoms with Crippen LogP contribution in [0.3, 0.4) is 0 Å². The number of nitrogens with two attached hydrogens (primary N) is 1. The van der Waals surface area contributed by atoms with Crippen LogP contribution in [0.2, 0.25) is 0 Å². The first-order chi connectivity index (χ1) is 16.7. The molecule has 1 aliphatic rings. The fourth-order valence-corrected chi connectivity index (χ4v) is 3.82. The normalized spacial score (nSPS) is 15.3. The molecular formula is C26H30FN4O4+. The monoisotopic (exact) mass is 481 g/mol. The third kappa shape index (κ3) is 5.45. The predicted molar refractivity (Wildman–Crippen MR) is 131 cm³/mol. The average Bonchev–Trinajstić information content (AvgIpc) is 2.85. The van der Waals surface area contributed by atoms with Crippen molar-refractivity contribution in [2.45, 2.75) is 52.4 Å². The number of benzene rings is 2. The number of unbranched alkanes of at least 4 members (excludes halogenated alkanes) is 2. The maximum Gasteiger partial charge on any atom is 0.451 e. The zero-order valence-corrected chi connectivity index (χ0v) is 20.2. The highest BCUT2D eigenvalue weighted by atomic mass is 19.1. The van der Waals surface area contributed by atoms with Gasteiger partial charge in [-0.1, -0.05) is 26.7 Å². The molecule has 9 heteroatoms. The molecular weight excluding hydrogens is 451 g/mol. The summed E-state index contributed by atoms with van der Waals surface area (Å²) in [5.41, 5.74) is 7.49. The molecule has 35 heavy (non-hydrogen) atoms. The Morgan fingerprint density at radius 1 is 1.06 bits per heavy atom. The van der Waals surface area contributed by atoms with Gasteiger partial charge in [0, 0.05) is 5.56 Å². The number of aryl methyl sites for hydroxylation is 2. The largest absolute Gasteiger partial charge is 0.507 e. The fraction of sp³-hybridized carbons (Fsp3) is 0.346. The van der Waals surface area contributed by atoms with Crippen LogP contribution in [0, 0.1) is 5.82 Å². The van der Waals surface area contributed by atoms with E-state index in [1.165, 1.54) is 19.2 Å². The summed E-state index contributed by atoms with van der Waals surface area (Å²) in [6.45, 7) is 4.07. The second-order valence-corrected chi connectivity index (χ2v) is 8.46. The number of carbonyl (C=O) groups excluding carboxylic acids is 3. The molecule has 0 saturated heterocycles. The van der Waals surface area contributed by atoms with Crippen molar-refractivity contribution in [1.82, 2.24) is 4.90 Å². The zero-order valence-electron chi connectivity index (χ0n) is 20.2. The number of hydrogen-bond donors (Lipinski definition) is 2. The van der Waals surface area contributed by atoms with Gasteiger partial charge in [0.1, 0.15) is 17.3 Å². The Bertz CT molecular complexity index is 1190. The number of phenols is 1. The van der Waals surface area contributed by atoms with Gasteiger partial charge in [-0.3, -0.25) is 4.79 Å². The lowest BCUT2D eigenvalue weighted by Gasteiger charge is -2.20. The third-order valence-electron chi connectivity index (χ3n) is 5.88. The van der Waals surface area contributed by atoms with Crippen molar-refractivity contribution in [3.63, 3.8) is 0 Å². The summed E-state index contributed by atoms with van der Waals surface area (Å²) in [6.07, 6.45) is 4.72. The zero-order chi connectivity index (χ0) is 25.7. The van der Waals surface area contributed by atoms with Crippen molar-refractivity contribution in [2.24, 2.45) is 10.7 Å². The van der Waals surface area contributed by atoms with Gasteiger partial charge < -0.3 is 10.8 Å². The van der Waals surface area contributed by atoms with Gasteiger partial charge >= 0.3 is 11.9 Å². The minimum absolute atomic E-state index is 0.184. The molecule has 0 aromatic heterocycles. The van der Waals surface area contributed by atoms with E-state index in [-0.39, 0.29) is 28.5 Å². The Labute approximate surface area is 203 Å². The van der Waals surface area contributed by atoms with Crippen LogP contribution in [-0.2, 0) is 17.6 Å². The average molecular weight is 482 g/mol. The van der Waals surface area contributed by atoms with Gasteiger partial charge in [0.05, 0.1) is 7.05 Å². The lowest BCUT2D eigenvalue weighted by atomic mass is 9.96. The minimum atomic E-state index is -0.824. The maximum atomic E-state index is 13.4. The van der Waals surface area contributed by atoms with Gasteiger partial charge in [0.15, 0.2) is 0 Å². The van der Waals surface area contributed by atoms with Gasteiger partial charge in [-0.15, -0.1) is 0 Å².